The van der Waals surface area contributed by atoms with Crippen LogP contribution in [0.25, 0.3) is 0 Å². The Morgan fingerprint density at radius 1 is 1.31 bits per heavy atom. The van der Waals surface area contributed by atoms with Crippen molar-refractivity contribution in [3.05, 3.63) is 0 Å². The van der Waals surface area contributed by atoms with Crippen LogP contribution in [0.2, 0.25) is 0 Å². The Labute approximate surface area is 95.9 Å². The highest BCUT2D eigenvalue weighted by Gasteiger charge is 2.22. The van der Waals surface area contributed by atoms with E-state index < -0.39 is 0 Å². The van der Waals surface area contributed by atoms with Gasteiger partial charge in [-0.3, -0.25) is 9.59 Å². The zero-order valence-electron chi connectivity index (χ0n) is 9.61. The number of amides is 1. The summed E-state index contributed by atoms with van der Waals surface area (Å²) in [6.45, 7) is 2.03. The molecule has 0 N–H and O–H groups in total. The number of rotatable bonds is 5. The van der Waals surface area contributed by atoms with Gasteiger partial charge in [-0.2, -0.15) is 0 Å². The van der Waals surface area contributed by atoms with Crippen LogP contribution in [0.1, 0.15) is 32.1 Å². The predicted octanol–water partition coefficient (Wildman–Crippen LogP) is 0.995. The minimum absolute atomic E-state index is 0.0308. The number of piperidine rings is 1. The van der Waals surface area contributed by atoms with E-state index in [0.29, 0.717) is 32.5 Å². The summed E-state index contributed by atoms with van der Waals surface area (Å²) in [5.74, 6) is 1.14. The zero-order valence-corrected chi connectivity index (χ0v) is 9.61. The second kappa shape index (κ2) is 5.43. The van der Waals surface area contributed by atoms with Crippen LogP contribution in [-0.2, 0) is 14.3 Å². The van der Waals surface area contributed by atoms with E-state index in [1.165, 1.54) is 12.8 Å². The molecule has 2 aliphatic rings. The maximum absolute atomic E-state index is 11.7. The number of carbonyl (C=O) groups excluding carboxylic acids is 2. The third-order valence-electron chi connectivity index (χ3n) is 3.27. The molecule has 0 radical (unpaired) electrons. The van der Waals surface area contributed by atoms with E-state index in [0.717, 1.165) is 12.3 Å². The van der Waals surface area contributed by atoms with Crippen LogP contribution in [-0.4, -0.2) is 42.9 Å². The predicted molar refractivity (Wildman–Crippen MR) is 59.0 cm³/mol. The van der Waals surface area contributed by atoms with Crippen LogP contribution in [0.5, 0.6) is 0 Å². The van der Waals surface area contributed by atoms with Gasteiger partial charge in [0.15, 0.2) is 0 Å². The first-order valence-corrected chi connectivity index (χ1v) is 6.13. The minimum Gasteiger partial charge on any atom is -0.372 e. The first-order valence-electron chi connectivity index (χ1n) is 6.13. The normalized spacial score (nSPS) is 21.2. The maximum Gasteiger partial charge on any atom is 0.248 e. The Morgan fingerprint density at radius 2 is 2.00 bits per heavy atom. The zero-order chi connectivity index (χ0) is 11.4. The fourth-order valence-electron chi connectivity index (χ4n) is 1.91. The number of hydrogen-bond acceptors (Lipinski definition) is 3. The molecule has 0 aromatic carbocycles. The number of ether oxygens (including phenoxy) is 1. The fourth-order valence-corrected chi connectivity index (χ4v) is 1.91. The van der Waals surface area contributed by atoms with Gasteiger partial charge in [-0.15, -0.1) is 0 Å². The van der Waals surface area contributed by atoms with Crippen molar-refractivity contribution < 1.29 is 14.3 Å². The Hall–Kier alpha value is -0.900. The highest BCUT2D eigenvalue weighted by Crippen LogP contribution is 2.32. The highest BCUT2D eigenvalue weighted by molar-refractivity contribution is 5.83. The molecule has 1 saturated carbocycles. The standard InChI is InChI=1S/C12H19NO3/c14-11-3-6-13(7-4-11)12(15)9-16-8-5-10-1-2-10/h10H,1-9H2. The van der Waals surface area contributed by atoms with Crippen molar-refractivity contribution in [2.75, 3.05) is 26.3 Å². The van der Waals surface area contributed by atoms with Gasteiger partial charge in [0.25, 0.3) is 0 Å². The molecule has 0 aromatic rings. The smallest absolute Gasteiger partial charge is 0.248 e. The van der Waals surface area contributed by atoms with Crippen LogP contribution in [0.3, 0.4) is 0 Å². The van der Waals surface area contributed by atoms with E-state index in [9.17, 15) is 9.59 Å². The van der Waals surface area contributed by atoms with Crippen LogP contribution in [0.15, 0.2) is 0 Å². The molecule has 0 bridgehead atoms. The summed E-state index contributed by atoms with van der Waals surface area (Å²) < 4.78 is 5.35. The molecule has 1 amide bonds. The lowest BCUT2D eigenvalue weighted by atomic mass is 10.1. The highest BCUT2D eigenvalue weighted by atomic mass is 16.5. The van der Waals surface area contributed by atoms with Gasteiger partial charge in [0.2, 0.25) is 5.91 Å². The van der Waals surface area contributed by atoms with Gasteiger partial charge >= 0.3 is 0 Å². The Balaban J connectivity index is 1.57. The van der Waals surface area contributed by atoms with E-state index in [1.54, 1.807) is 4.90 Å². The lowest BCUT2D eigenvalue weighted by Crippen LogP contribution is -2.40. The Morgan fingerprint density at radius 3 is 2.62 bits per heavy atom. The van der Waals surface area contributed by atoms with Gasteiger partial charge in [-0.25, -0.2) is 0 Å². The molecule has 0 unspecified atom stereocenters. The van der Waals surface area contributed by atoms with E-state index in [4.69, 9.17) is 4.74 Å². The van der Waals surface area contributed by atoms with Crippen molar-refractivity contribution in [3.8, 4) is 0 Å². The summed E-state index contributed by atoms with van der Waals surface area (Å²) in [6.07, 6.45) is 4.75. The molecular weight excluding hydrogens is 206 g/mol. The average molecular weight is 225 g/mol. The first kappa shape index (κ1) is 11.6. The molecule has 0 atom stereocenters. The van der Waals surface area contributed by atoms with E-state index in [2.05, 4.69) is 0 Å². The summed E-state index contributed by atoms with van der Waals surface area (Å²) in [5, 5.41) is 0. The number of nitrogens with zero attached hydrogens (tertiary/aromatic N) is 1. The lowest BCUT2D eigenvalue weighted by molar-refractivity contribution is -0.138. The van der Waals surface area contributed by atoms with Crippen molar-refractivity contribution in [2.24, 2.45) is 5.92 Å². The lowest BCUT2D eigenvalue weighted by Gasteiger charge is -2.25. The monoisotopic (exact) mass is 225 g/mol. The molecule has 4 heteroatoms. The molecule has 0 aromatic heterocycles. The molecule has 0 spiro atoms. The quantitative estimate of drug-likeness (QED) is 0.656. The van der Waals surface area contributed by atoms with Crippen LogP contribution < -0.4 is 0 Å². The largest absolute Gasteiger partial charge is 0.372 e. The van der Waals surface area contributed by atoms with Crippen molar-refractivity contribution in [2.45, 2.75) is 32.1 Å². The SMILES string of the molecule is O=C1CCN(C(=O)COCCC2CC2)CC1. The van der Waals surface area contributed by atoms with Gasteiger partial charge in [-0.05, 0) is 12.3 Å². The van der Waals surface area contributed by atoms with Crippen molar-refractivity contribution in [3.63, 3.8) is 0 Å². The van der Waals surface area contributed by atoms with Crippen LogP contribution in [0, 0.1) is 5.92 Å². The molecule has 1 heterocycles. The fraction of sp³-hybridized carbons (Fsp3) is 0.833. The summed E-state index contributed by atoms with van der Waals surface area (Å²) in [4.78, 5) is 24.4. The van der Waals surface area contributed by atoms with Gasteiger partial charge in [0.1, 0.15) is 12.4 Å². The third kappa shape index (κ3) is 3.59. The number of likely N-dealkylation sites (tertiary alicyclic amines) is 1. The Bertz CT molecular complexity index is 263. The van der Waals surface area contributed by atoms with E-state index in [-0.39, 0.29) is 18.3 Å². The van der Waals surface area contributed by atoms with E-state index >= 15 is 0 Å². The molecule has 2 rings (SSSR count). The van der Waals surface area contributed by atoms with Crippen LogP contribution >= 0.6 is 0 Å². The number of ketones is 1. The topological polar surface area (TPSA) is 46.6 Å². The van der Waals surface area contributed by atoms with Gasteiger partial charge in [0, 0.05) is 32.5 Å². The molecule has 1 aliphatic carbocycles. The second-order valence-electron chi connectivity index (χ2n) is 4.70. The summed E-state index contributed by atoms with van der Waals surface area (Å²) in [6, 6.07) is 0. The van der Waals surface area contributed by atoms with Crippen molar-refractivity contribution in [1.29, 1.82) is 0 Å². The van der Waals surface area contributed by atoms with E-state index in [1.807, 2.05) is 0 Å². The molecule has 90 valence electrons. The number of Topliss-reactive ketones (excluding diaryl/α,β-unsaturated/α-hetero) is 1. The Kier molecular flexibility index (Phi) is 3.93. The molecule has 1 saturated heterocycles. The number of carbonyl (C=O) groups is 2. The molecular formula is C12H19NO3. The summed E-state index contributed by atoms with van der Waals surface area (Å²) in [5.41, 5.74) is 0. The van der Waals surface area contributed by atoms with Gasteiger partial charge in [-0.1, -0.05) is 12.8 Å². The minimum atomic E-state index is 0.0308. The first-order chi connectivity index (χ1) is 7.75. The summed E-state index contributed by atoms with van der Waals surface area (Å²) in [7, 11) is 0. The molecule has 2 fully saturated rings. The average Bonchev–Trinajstić information content (AvgIpc) is 3.09. The van der Waals surface area contributed by atoms with Crippen molar-refractivity contribution >= 4 is 11.7 Å². The maximum atomic E-state index is 11.7. The molecule has 16 heavy (non-hydrogen) atoms. The third-order valence-corrected chi connectivity index (χ3v) is 3.27. The molecule has 1 aliphatic heterocycles. The van der Waals surface area contributed by atoms with Gasteiger partial charge < -0.3 is 9.64 Å². The van der Waals surface area contributed by atoms with Crippen LogP contribution in [0.4, 0.5) is 0 Å². The number of hydrogen-bond donors (Lipinski definition) is 0. The van der Waals surface area contributed by atoms with Crippen molar-refractivity contribution in [1.82, 2.24) is 4.90 Å². The second-order valence-corrected chi connectivity index (χ2v) is 4.70. The van der Waals surface area contributed by atoms with Gasteiger partial charge in [0.05, 0.1) is 0 Å². The summed E-state index contributed by atoms with van der Waals surface area (Å²) >= 11 is 0. The molecule has 4 nitrogen and oxygen atoms in total.